The minimum Gasteiger partial charge on any atom is -0.374 e. The number of hydrogen-bond acceptors (Lipinski definition) is 5. The standard InChI is InChI=1S/C26H17Cl2N5O2/c1-32-14-29-13-23(32)26(35,16-5-7-18(27)8-6-16)17-10-21-20(15-3-2-4-19(28)9-15)12-24(34)33-25(21)22(11-17)30-31-33/h2-14,35H,1H3. The SMILES string of the molecule is Cn1cncc1C(O)(c1ccc(Cl)cc1)c1cc2nnn3c(=O)cc(-c4cccc(Cl)c4)c(c1)c23. The lowest BCUT2D eigenvalue weighted by molar-refractivity contribution is 0.117. The van der Waals surface area contributed by atoms with E-state index >= 15 is 0 Å². The Morgan fingerprint density at radius 3 is 2.46 bits per heavy atom. The highest BCUT2D eigenvalue weighted by molar-refractivity contribution is 6.31. The van der Waals surface area contributed by atoms with Gasteiger partial charge in [-0.15, -0.1) is 5.10 Å². The van der Waals surface area contributed by atoms with Gasteiger partial charge in [0.05, 0.1) is 18.2 Å². The number of aryl methyl sites for hydroxylation is 1. The molecule has 3 heterocycles. The Labute approximate surface area is 209 Å². The smallest absolute Gasteiger partial charge is 0.273 e. The molecule has 3 aromatic carbocycles. The number of aliphatic hydroxyl groups is 1. The van der Waals surface area contributed by atoms with Crippen molar-refractivity contribution in [3.8, 4) is 11.1 Å². The van der Waals surface area contributed by atoms with Crippen LogP contribution in [0.4, 0.5) is 0 Å². The number of pyridine rings is 1. The Morgan fingerprint density at radius 1 is 0.943 bits per heavy atom. The topological polar surface area (TPSA) is 85.3 Å². The van der Waals surface area contributed by atoms with E-state index in [4.69, 9.17) is 23.2 Å². The molecule has 0 aliphatic carbocycles. The molecular weight excluding hydrogens is 485 g/mol. The monoisotopic (exact) mass is 501 g/mol. The second-order valence-electron chi connectivity index (χ2n) is 8.41. The van der Waals surface area contributed by atoms with E-state index in [1.54, 1.807) is 59.6 Å². The molecule has 1 N–H and O–H groups in total. The first-order valence-electron chi connectivity index (χ1n) is 10.7. The van der Waals surface area contributed by atoms with Crippen LogP contribution in [0.3, 0.4) is 0 Å². The molecule has 0 aliphatic heterocycles. The van der Waals surface area contributed by atoms with Gasteiger partial charge >= 0.3 is 0 Å². The molecule has 0 bridgehead atoms. The van der Waals surface area contributed by atoms with Crippen molar-refractivity contribution in [2.24, 2.45) is 7.05 Å². The maximum atomic E-state index is 12.8. The van der Waals surface area contributed by atoms with Crippen LogP contribution < -0.4 is 5.56 Å². The van der Waals surface area contributed by atoms with E-state index < -0.39 is 5.60 Å². The van der Waals surface area contributed by atoms with Crippen LogP contribution in [0, 0.1) is 0 Å². The van der Waals surface area contributed by atoms with Crippen LogP contribution in [0.5, 0.6) is 0 Å². The summed E-state index contributed by atoms with van der Waals surface area (Å²) in [5, 5.41) is 22.5. The maximum Gasteiger partial charge on any atom is 0.273 e. The lowest BCUT2D eigenvalue weighted by Crippen LogP contribution is -2.31. The molecule has 0 aliphatic rings. The third-order valence-corrected chi connectivity index (χ3v) is 6.80. The third kappa shape index (κ3) is 3.31. The van der Waals surface area contributed by atoms with Crippen LogP contribution in [-0.4, -0.2) is 29.5 Å². The second kappa shape index (κ2) is 7.88. The lowest BCUT2D eigenvalue weighted by atomic mass is 9.82. The number of hydrogen-bond donors (Lipinski definition) is 1. The molecule has 9 heteroatoms. The number of aromatic nitrogens is 5. The number of benzene rings is 3. The Balaban J connectivity index is 1.72. The van der Waals surface area contributed by atoms with Gasteiger partial charge in [0.2, 0.25) is 0 Å². The van der Waals surface area contributed by atoms with Crippen LogP contribution in [-0.2, 0) is 12.6 Å². The zero-order valence-electron chi connectivity index (χ0n) is 18.4. The Hall–Kier alpha value is -3.78. The fourth-order valence-corrected chi connectivity index (χ4v) is 4.96. The summed E-state index contributed by atoms with van der Waals surface area (Å²) >= 11 is 12.4. The largest absolute Gasteiger partial charge is 0.374 e. The van der Waals surface area contributed by atoms with Gasteiger partial charge in [0, 0.05) is 28.5 Å². The number of halogens is 2. The number of rotatable bonds is 4. The van der Waals surface area contributed by atoms with E-state index in [1.807, 2.05) is 25.2 Å². The van der Waals surface area contributed by atoms with Gasteiger partial charge in [-0.2, -0.15) is 4.52 Å². The van der Waals surface area contributed by atoms with Crippen molar-refractivity contribution in [3.05, 3.63) is 116 Å². The molecule has 1 atom stereocenters. The molecule has 0 radical (unpaired) electrons. The Bertz CT molecular complexity index is 1780. The normalized spacial score (nSPS) is 13.5. The summed E-state index contributed by atoms with van der Waals surface area (Å²) < 4.78 is 3.03. The molecule has 1 unspecified atom stereocenters. The summed E-state index contributed by atoms with van der Waals surface area (Å²) in [7, 11) is 1.82. The van der Waals surface area contributed by atoms with Crippen molar-refractivity contribution < 1.29 is 5.11 Å². The van der Waals surface area contributed by atoms with E-state index in [2.05, 4.69) is 15.3 Å². The highest BCUT2D eigenvalue weighted by atomic mass is 35.5. The van der Waals surface area contributed by atoms with E-state index in [1.165, 1.54) is 10.6 Å². The van der Waals surface area contributed by atoms with Crippen molar-refractivity contribution in [2.75, 3.05) is 0 Å². The second-order valence-corrected chi connectivity index (χ2v) is 9.28. The van der Waals surface area contributed by atoms with Gasteiger partial charge < -0.3 is 9.67 Å². The average molecular weight is 502 g/mol. The van der Waals surface area contributed by atoms with Crippen LogP contribution in [0.1, 0.15) is 16.8 Å². The van der Waals surface area contributed by atoms with E-state index in [9.17, 15) is 9.90 Å². The summed E-state index contributed by atoms with van der Waals surface area (Å²) in [5.41, 5.74) is 2.29. The van der Waals surface area contributed by atoms with Crippen molar-refractivity contribution in [1.29, 1.82) is 0 Å². The fourth-order valence-electron chi connectivity index (χ4n) is 4.64. The highest BCUT2D eigenvalue weighted by Gasteiger charge is 2.37. The zero-order chi connectivity index (χ0) is 24.3. The van der Waals surface area contributed by atoms with Gasteiger partial charge in [0.25, 0.3) is 5.56 Å². The van der Waals surface area contributed by atoms with E-state index in [0.717, 1.165) is 5.56 Å². The van der Waals surface area contributed by atoms with Gasteiger partial charge in [-0.3, -0.25) is 4.79 Å². The first-order chi connectivity index (χ1) is 16.9. The predicted molar refractivity (Wildman–Crippen MR) is 135 cm³/mol. The molecule has 6 aromatic rings. The van der Waals surface area contributed by atoms with Gasteiger partial charge in [0.15, 0.2) is 5.60 Å². The summed E-state index contributed by atoms with van der Waals surface area (Å²) in [5.74, 6) is 0. The van der Waals surface area contributed by atoms with Crippen LogP contribution >= 0.6 is 23.2 Å². The van der Waals surface area contributed by atoms with Gasteiger partial charge in [-0.25, -0.2) is 4.98 Å². The molecule has 0 amide bonds. The van der Waals surface area contributed by atoms with E-state index in [0.29, 0.717) is 48.8 Å². The Morgan fingerprint density at radius 2 is 1.74 bits per heavy atom. The lowest BCUT2D eigenvalue weighted by Gasteiger charge is -2.30. The van der Waals surface area contributed by atoms with Crippen molar-refractivity contribution in [1.82, 2.24) is 24.4 Å². The van der Waals surface area contributed by atoms with Crippen LogP contribution in [0.2, 0.25) is 10.0 Å². The minimum absolute atomic E-state index is 0.303. The predicted octanol–water partition coefficient (Wildman–Crippen LogP) is 4.67. The molecule has 3 aromatic heterocycles. The average Bonchev–Trinajstić information content (AvgIpc) is 3.48. The highest BCUT2D eigenvalue weighted by Crippen LogP contribution is 2.40. The first-order valence-corrected chi connectivity index (χ1v) is 11.5. The minimum atomic E-state index is -1.59. The molecule has 35 heavy (non-hydrogen) atoms. The van der Waals surface area contributed by atoms with Crippen molar-refractivity contribution in [3.63, 3.8) is 0 Å². The molecule has 0 saturated carbocycles. The van der Waals surface area contributed by atoms with Gasteiger partial charge in [-0.05, 0) is 58.7 Å². The fraction of sp³-hybridized carbons (Fsp3) is 0.0769. The van der Waals surface area contributed by atoms with Gasteiger partial charge in [0.1, 0.15) is 11.0 Å². The molecule has 6 rings (SSSR count). The summed E-state index contributed by atoms with van der Waals surface area (Å²) in [6.07, 6.45) is 3.25. The molecular formula is C26H17Cl2N5O2. The summed E-state index contributed by atoms with van der Waals surface area (Å²) in [6, 6.07) is 19.4. The quantitative estimate of drug-likeness (QED) is 0.379. The molecule has 0 spiro atoms. The Kier molecular flexibility index (Phi) is 4.89. The maximum absolute atomic E-state index is 12.8. The van der Waals surface area contributed by atoms with Crippen molar-refractivity contribution >= 4 is 39.6 Å². The molecule has 172 valence electrons. The third-order valence-electron chi connectivity index (χ3n) is 6.31. The van der Waals surface area contributed by atoms with Crippen LogP contribution in [0.25, 0.3) is 27.5 Å². The van der Waals surface area contributed by atoms with Gasteiger partial charge in [-0.1, -0.05) is 52.7 Å². The summed E-state index contributed by atoms with van der Waals surface area (Å²) in [4.78, 5) is 17.1. The molecule has 0 saturated heterocycles. The molecule has 7 nitrogen and oxygen atoms in total. The number of nitrogens with zero attached hydrogens (tertiary/aromatic N) is 5. The number of imidazole rings is 1. The van der Waals surface area contributed by atoms with Crippen molar-refractivity contribution in [2.45, 2.75) is 5.60 Å². The summed E-state index contributed by atoms with van der Waals surface area (Å²) in [6.45, 7) is 0. The van der Waals surface area contributed by atoms with Crippen LogP contribution in [0.15, 0.2) is 84.0 Å². The zero-order valence-corrected chi connectivity index (χ0v) is 19.9. The first kappa shape index (κ1) is 21.7. The molecule has 0 fully saturated rings. The van der Waals surface area contributed by atoms with E-state index in [-0.39, 0.29) is 5.56 Å².